The number of nitrogens with two attached hydrogens (primary N) is 1. The second kappa shape index (κ2) is 8.22. The lowest BCUT2D eigenvalue weighted by Gasteiger charge is -2.14. The summed E-state index contributed by atoms with van der Waals surface area (Å²) >= 11 is 7.46. The van der Waals surface area contributed by atoms with E-state index in [-0.39, 0.29) is 11.1 Å². The van der Waals surface area contributed by atoms with Crippen LogP contribution >= 0.6 is 22.9 Å². The number of thiophene rings is 1. The third-order valence-corrected chi connectivity index (χ3v) is 5.95. The highest BCUT2D eigenvalue weighted by Gasteiger charge is 2.33. The summed E-state index contributed by atoms with van der Waals surface area (Å²) < 4.78 is 39.9. The molecule has 0 unspecified atom stereocenters. The van der Waals surface area contributed by atoms with E-state index in [1.807, 2.05) is 23.6 Å². The molecule has 0 aliphatic heterocycles. The number of hydrogen-bond acceptors (Lipinski definition) is 5. The largest absolute Gasteiger partial charge is 0.417 e. The molecular weight excluding hydrogens is 433 g/mol. The van der Waals surface area contributed by atoms with Gasteiger partial charge >= 0.3 is 6.18 Å². The number of rotatable bonds is 5. The molecule has 2 aromatic carbocycles. The van der Waals surface area contributed by atoms with E-state index in [9.17, 15) is 13.2 Å². The van der Waals surface area contributed by atoms with E-state index in [1.165, 1.54) is 23.2 Å². The topological polar surface area (TPSA) is 63.8 Å². The van der Waals surface area contributed by atoms with E-state index >= 15 is 0 Å². The normalized spacial score (nSPS) is 12.8. The molecule has 4 nitrogen and oxygen atoms in total. The van der Waals surface area contributed by atoms with Crippen LogP contribution in [0, 0.1) is 0 Å². The maximum atomic E-state index is 12.9. The number of anilines is 1. The van der Waals surface area contributed by atoms with Crippen molar-refractivity contribution in [1.29, 1.82) is 0 Å². The number of nitrogens with zero attached hydrogens (tertiary/aromatic N) is 2. The molecule has 1 atom stereocenters. The van der Waals surface area contributed by atoms with Gasteiger partial charge < -0.3 is 11.1 Å². The van der Waals surface area contributed by atoms with Crippen molar-refractivity contribution >= 4 is 38.8 Å². The minimum Gasteiger partial charge on any atom is -0.368 e. The summed E-state index contributed by atoms with van der Waals surface area (Å²) in [5, 5.41) is 5.97. The fourth-order valence-electron chi connectivity index (χ4n) is 3.13. The first-order valence-electron chi connectivity index (χ1n) is 8.97. The van der Waals surface area contributed by atoms with Gasteiger partial charge in [0, 0.05) is 28.9 Å². The third kappa shape index (κ3) is 4.26. The van der Waals surface area contributed by atoms with Gasteiger partial charge in [0.25, 0.3) is 0 Å². The minimum atomic E-state index is -4.50. The Morgan fingerprint density at radius 2 is 1.90 bits per heavy atom. The lowest BCUT2D eigenvalue weighted by Crippen LogP contribution is -2.20. The average molecular weight is 449 g/mol. The second-order valence-electron chi connectivity index (χ2n) is 6.66. The summed E-state index contributed by atoms with van der Waals surface area (Å²) in [5.41, 5.74) is 7.44. The zero-order valence-electron chi connectivity index (χ0n) is 15.4. The van der Waals surface area contributed by atoms with Crippen LogP contribution in [0.15, 0.2) is 60.2 Å². The highest BCUT2D eigenvalue weighted by molar-refractivity contribution is 7.17. The lowest BCUT2D eigenvalue weighted by molar-refractivity contribution is -0.137. The van der Waals surface area contributed by atoms with E-state index in [0.717, 1.165) is 17.0 Å². The lowest BCUT2D eigenvalue weighted by atomic mass is 10.1. The van der Waals surface area contributed by atoms with Crippen LogP contribution in [0.2, 0.25) is 5.02 Å². The number of hydrogen-bond donors (Lipinski definition) is 2. The van der Waals surface area contributed by atoms with Gasteiger partial charge in [0.2, 0.25) is 0 Å². The molecule has 0 saturated heterocycles. The van der Waals surface area contributed by atoms with Crippen molar-refractivity contribution in [3.63, 3.8) is 0 Å². The molecule has 0 aliphatic carbocycles. The van der Waals surface area contributed by atoms with E-state index in [2.05, 4.69) is 21.4 Å². The molecule has 4 aromatic rings. The average Bonchev–Trinajstić information content (AvgIpc) is 3.15. The van der Waals surface area contributed by atoms with Crippen LogP contribution in [0.25, 0.3) is 21.3 Å². The third-order valence-electron chi connectivity index (χ3n) is 4.65. The first-order valence-corrected chi connectivity index (χ1v) is 10.2. The Morgan fingerprint density at radius 1 is 1.10 bits per heavy atom. The van der Waals surface area contributed by atoms with Gasteiger partial charge in [-0.15, -0.1) is 11.3 Å². The van der Waals surface area contributed by atoms with Crippen molar-refractivity contribution < 1.29 is 13.2 Å². The van der Waals surface area contributed by atoms with Crippen molar-refractivity contribution in [1.82, 2.24) is 9.97 Å². The van der Waals surface area contributed by atoms with Crippen LogP contribution in [0.1, 0.15) is 17.2 Å². The summed E-state index contributed by atoms with van der Waals surface area (Å²) in [7, 11) is 0. The Bertz CT molecular complexity index is 1190. The Kier molecular flexibility index (Phi) is 5.64. The van der Waals surface area contributed by atoms with Crippen molar-refractivity contribution in [2.24, 2.45) is 5.73 Å². The molecule has 0 bridgehead atoms. The second-order valence-corrected chi connectivity index (χ2v) is 7.97. The van der Waals surface area contributed by atoms with Crippen LogP contribution in [0.4, 0.5) is 19.0 Å². The van der Waals surface area contributed by atoms with E-state index in [4.69, 9.17) is 17.3 Å². The maximum absolute atomic E-state index is 12.9. The molecule has 0 aliphatic rings. The summed E-state index contributed by atoms with van der Waals surface area (Å²) in [5.74, 6) is 0.519. The molecule has 0 amide bonds. The molecule has 154 valence electrons. The number of alkyl halides is 3. The zero-order valence-corrected chi connectivity index (χ0v) is 17.0. The van der Waals surface area contributed by atoms with Crippen molar-refractivity contribution in [2.75, 3.05) is 11.9 Å². The summed E-state index contributed by atoms with van der Waals surface area (Å²) in [4.78, 5) is 8.31. The summed E-state index contributed by atoms with van der Waals surface area (Å²) in [6, 6.07) is 13.0. The molecule has 2 aromatic heterocycles. The quantitative estimate of drug-likeness (QED) is 0.385. The molecule has 4 rings (SSSR count). The van der Waals surface area contributed by atoms with Crippen molar-refractivity contribution in [2.45, 2.75) is 12.2 Å². The first kappa shape index (κ1) is 20.6. The van der Waals surface area contributed by atoms with Crippen LogP contribution in [0.3, 0.4) is 0 Å². The highest BCUT2D eigenvalue weighted by atomic mass is 35.5. The van der Waals surface area contributed by atoms with Crippen LogP contribution in [-0.4, -0.2) is 16.5 Å². The summed E-state index contributed by atoms with van der Waals surface area (Å²) in [6.45, 7) is 0.435. The molecule has 9 heteroatoms. The Balaban J connectivity index is 1.51. The monoisotopic (exact) mass is 448 g/mol. The molecule has 2 heterocycles. The predicted molar refractivity (Wildman–Crippen MR) is 115 cm³/mol. The zero-order chi connectivity index (χ0) is 21.3. The molecule has 0 saturated carbocycles. The standard InChI is InChI=1S/C21H16ClF3N4S/c22-16-7-12(5-6-15(16)21(23,24)25)18-8-20(29-11-28-18)27-9-17(26)14-10-30-19-4-2-1-3-13(14)19/h1-8,10-11,17H,9,26H2,(H,27,28,29)/t17-/m0/s1. The fraction of sp³-hybridized carbons (Fsp3) is 0.143. The molecule has 0 radical (unpaired) electrons. The maximum Gasteiger partial charge on any atom is 0.417 e. The van der Waals surface area contributed by atoms with Crippen molar-refractivity contribution in [3.8, 4) is 11.3 Å². The number of aromatic nitrogens is 2. The van der Waals surface area contributed by atoms with Gasteiger partial charge in [0.1, 0.15) is 12.1 Å². The van der Waals surface area contributed by atoms with Crippen LogP contribution in [-0.2, 0) is 6.18 Å². The van der Waals surface area contributed by atoms with Crippen LogP contribution < -0.4 is 11.1 Å². The van der Waals surface area contributed by atoms with Crippen LogP contribution in [0.5, 0.6) is 0 Å². The smallest absolute Gasteiger partial charge is 0.368 e. The molecule has 0 fully saturated rings. The molecule has 3 N–H and O–H groups in total. The van der Waals surface area contributed by atoms with E-state index in [1.54, 1.807) is 17.4 Å². The Hall–Kier alpha value is -2.68. The Labute approximate surface area is 179 Å². The number of benzene rings is 2. The Morgan fingerprint density at radius 3 is 2.67 bits per heavy atom. The van der Waals surface area contributed by atoms with E-state index in [0.29, 0.717) is 23.6 Å². The fourth-order valence-corrected chi connectivity index (χ4v) is 4.44. The number of nitrogens with one attached hydrogen (secondary N) is 1. The summed E-state index contributed by atoms with van der Waals surface area (Å²) in [6.07, 6.45) is -3.16. The molecule has 30 heavy (non-hydrogen) atoms. The van der Waals surface area contributed by atoms with Gasteiger partial charge in [0.15, 0.2) is 0 Å². The molecular formula is C21H16ClF3N4S. The first-order chi connectivity index (χ1) is 14.3. The van der Waals surface area contributed by atoms with E-state index < -0.39 is 11.7 Å². The van der Waals surface area contributed by atoms with Gasteiger partial charge in [0.05, 0.1) is 16.3 Å². The van der Waals surface area contributed by atoms with Gasteiger partial charge in [-0.05, 0) is 34.5 Å². The van der Waals surface area contributed by atoms with Gasteiger partial charge in [-0.3, -0.25) is 0 Å². The minimum absolute atomic E-state index is 0.250. The molecule has 0 spiro atoms. The van der Waals surface area contributed by atoms with Gasteiger partial charge in [-0.25, -0.2) is 9.97 Å². The van der Waals surface area contributed by atoms with Gasteiger partial charge in [-0.1, -0.05) is 35.9 Å². The highest BCUT2D eigenvalue weighted by Crippen LogP contribution is 2.36. The van der Waals surface area contributed by atoms with Gasteiger partial charge in [-0.2, -0.15) is 13.2 Å². The number of fused-ring (bicyclic) bond motifs is 1. The van der Waals surface area contributed by atoms with Crippen molar-refractivity contribution in [3.05, 3.63) is 76.4 Å². The number of halogens is 4. The predicted octanol–water partition coefficient (Wildman–Crippen LogP) is 6.14. The SMILES string of the molecule is N[C@@H](CNc1cc(-c2ccc(C(F)(F)F)c(Cl)c2)ncn1)c1csc2ccccc12.